The highest BCUT2D eigenvalue weighted by molar-refractivity contribution is 6.11. The van der Waals surface area contributed by atoms with E-state index in [9.17, 15) is 14.0 Å². The van der Waals surface area contributed by atoms with E-state index in [1.54, 1.807) is 18.7 Å². The Morgan fingerprint density at radius 2 is 1.84 bits per heavy atom. The number of hydrogen-bond acceptors (Lipinski definition) is 8. The number of benzene rings is 2. The molecular weight excluding hydrogens is 494 g/mol. The van der Waals surface area contributed by atoms with Crippen LogP contribution in [0.15, 0.2) is 36.6 Å². The first-order valence-corrected chi connectivity index (χ1v) is 12.3. The SMILES string of the molecule is C=C1C(C(=O)OCC)=CN(c2cc(N)c(F)cc2COC(C)=O)c2c1cc(F)c(N1CC(C)(NC)C1)c2C. The second-order valence-electron chi connectivity index (χ2n) is 9.79. The lowest BCUT2D eigenvalue weighted by molar-refractivity contribution is -0.142. The number of nitrogens with two attached hydrogens (primary N) is 1. The number of nitrogen functional groups attached to an aromatic ring is 1. The van der Waals surface area contributed by atoms with Gasteiger partial charge in [0.15, 0.2) is 0 Å². The van der Waals surface area contributed by atoms with E-state index in [-0.39, 0.29) is 30.0 Å². The Balaban J connectivity index is 1.95. The Morgan fingerprint density at radius 1 is 1.16 bits per heavy atom. The van der Waals surface area contributed by atoms with Crippen molar-refractivity contribution in [3.8, 4) is 0 Å². The smallest absolute Gasteiger partial charge is 0.340 e. The van der Waals surface area contributed by atoms with E-state index in [2.05, 4.69) is 18.8 Å². The van der Waals surface area contributed by atoms with Gasteiger partial charge in [0.05, 0.1) is 40.5 Å². The van der Waals surface area contributed by atoms with Gasteiger partial charge in [0.1, 0.15) is 18.2 Å². The summed E-state index contributed by atoms with van der Waals surface area (Å²) in [7, 11) is 1.87. The second-order valence-corrected chi connectivity index (χ2v) is 9.79. The topological polar surface area (TPSA) is 97.1 Å². The molecule has 1 saturated heterocycles. The van der Waals surface area contributed by atoms with Gasteiger partial charge < -0.3 is 30.3 Å². The second kappa shape index (κ2) is 10.1. The molecule has 2 aromatic rings. The molecule has 0 unspecified atom stereocenters. The number of likely N-dealkylation sites (N-methyl/N-ethyl adjacent to an activating group) is 1. The molecule has 38 heavy (non-hydrogen) atoms. The van der Waals surface area contributed by atoms with Crippen molar-refractivity contribution in [1.29, 1.82) is 0 Å². The van der Waals surface area contributed by atoms with Crippen molar-refractivity contribution in [3.05, 3.63) is 64.9 Å². The summed E-state index contributed by atoms with van der Waals surface area (Å²) >= 11 is 0. The van der Waals surface area contributed by atoms with Gasteiger partial charge in [0, 0.05) is 42.9 Å². The van der Waals surface area contributed by atoms with E-state index in [1.165, 1.54) is 31.3 Å². The number of esters is 2. The Labute approximate surface area is 220 Å². The lowest BCUT2D eigenvalue weighted by Crippen LogP contribution is -2.67. The van der Waals surface area contributed by atoms with Crippen molar-refractivity contribution in [3.63, 3.8) is 0 Å². The fraction of sp³-hybridized carbons (Fsp3) is 0.357. The average molecular weight is 527 g/mol. The van der Waals surface area contributed by atoms with Gasteiger partial charge in [0.2, 0.25) is 0 Å². The molecule has 0 spiro atoms. The van der Waals surface area contributed by atoms with Crippen LogP contribution in [-0.4, -0.2) is 44.2 Å². The van der Waals surface area contributed by atoms with Crippen LogP contribution in [0.5, 0.6) is 0 Å². The zero-order valence-electron chi connectivity index (χ0n) is 22.2. The minimum absolute atomic E-state index is 0.110. The highest BCUT2D eigenvalue weighted by Gasteiger charge is 2.41. The Bertz CT molecular complexity index is 1370. The van der Waals surface area contributed by atoms with Crippen LogP contribution < -0.4 is 20.9 Å². The number of nitrogens with zero attached hydrogens (tertiary/aromatic N) is 2. The van der Waals surface area contributed by atoms with E-state index >= 15 is 4.39 Å². The number of rotatable bonds is 7. The van der Waals surface area contributed by atoms with Gasteiger partial charge in [-0.3, -0.25) is 4.79 Å². The third-order valence-corrected chi connectivity index (χ3v) is 7.00. The van der Waals surface area contributed by atoms with Gasteiger partial charge in [-0.25, -0.2) is 13.6 Å². The molecule has 0 aromatic heterocycles. The van der Waals surface area contributed by atoms with E-state index in [1.807, 2.05) is 11.9 Å². The maximum absolute atomic E-state index is 15.7. The van der Waals surface area contributed by atoms with Crippen LogP contribution in [0.4, 0.5) is 31.5 Å². The molecule has 2 aromatic carbocycles. The summed E-state index contributed by atoms with van der Waals surface area (Å²) in [4.78, 5) is 28.0. The fourth-order valence-corrected chi connectivity index (χ4v) is 4.93. The van der Waals surface area contributed by atoms with Gasteiger partial charge in [0.25, 0.3) is 0 Å². The largest absolute Gasteiger partial charge is 0.462 e. The third kappa shape index (κ3) is 4.71. The number of carbonyl (C=O) groups excluding carboxylic acids is 2. The van der Waals surface area contributed by atoms with E-state index in [0.29, 0.717) is 52.4 Å². The maximum Gasteiger partial charge on any atom is 0.340 e. The maximum atomic E-state index is 15.7. The number of fused-ring (bicyclic) bond motifs is 1. The van der Waals surface area contributed by atoms with Crippen molar-refractivity contribution in [2.24, 2.45) is 0 Å². The summed E-state index contributed by atoms with van der Waals surface area (Å²) < 4.78 is 40.6. The highest BCUT2D eigenvalue weighted by atomic mass is 19.1. The number of halogens is 2. The minimum Gasteiger partial charge on any atom is -0.462 e. The minimum atomic E-state index is -0.685. The summed E-state index contributed by atoms with van der Waals surface area (Å²) in [6.07, 6.45) is 1.52. The molecule has 202 valence electrons. The molecule has 0 amide bonds. The Kier molecular flexibility index (Phi) is 7.20. The quantitative estimate of drug-likeness (QED) is 0.407. The van der Waals surface area contributed by atoms with Crippen LogP contribution in [-0.2, 0) is 25.7 Å². The average Bonchev–Trinajstić information content (AvgIpc) is 2.84. The highest BCUT2D eigenvalue weighted by Crippen LogP contribution is 2.48. The molecule has 0 saturated carbocycles. The van der Waals surface area contributed by atoms with Crippen molar-refractivity contribution in [1.82, 2.24) is 5.32 Å². The molecule has 8 nitrogen and oxygen atoms in total. The Hall–Kier alpha value is -3.92. The lowest BCUT2D eigenvalue weighted by atomic mass is 9.87. The van der Waals surface area contributed by atoms with Crippen LogP contribution in [0.2, 0.25) is 0 Å². The first-order valence-electron chi connectivity index (χ1n) is 12.3. The number of ether oxygens (including phenoxy) is 2. The van der Waals surface area contributed by atoms with Crippen LogP contribution in [0, 0.1) is 18.6 Å². The monoisotopic (exact) mass is 526 g/mol. The summed E-state index contributed by atoms with van der Waals surface area (Å²) in [6, 6.07) is 3.94. The molecular formula is C28H32F2N4O4. The van der Waals surface area contributed by atoms with Crippen LogP contribution in [0.3, 0.4) is 0 Å². The number of hydrogen-bond donors (Lipinski definition) is 2. The zero-order chi connectivity index (χ0) is 27.9. The van der Waals surface area contributed by atoms with Crippen LogP contribution >= 0.6 is 0 Å². The third-order valence-electron chi connectivity index (χ3n) is 7.00. The molecule has 0 bridgehead atoms. The zero-order valence-corrected chi connectivity index (χ0v) is 22.2. The number of nitrogens with one attached hydrogen (secondary N) is 1. The molecule has 10 heteroatoms. The molecule has 3 N–H and O–H groups in total. The van der Waals surface area contributed by atoms with Gasteiger partial charge in [-0.2, -0.15) is 0 Å². The van der Waals surface area contributed by atoms with E-state index in [4.69, 9.17) is 15.2 Å². The van der Waals surface area contributed by atoms with Crippen molar-refractivity contribution < 1.29 is 27.8 Å². The van der Waals surface area contributed by atoms with Crippen LogP contribution in [0.25, 0.3) is 5.57 Å². The van der Waals surface area contributed by atoms with Gasteiger partial charge in [-0.1, -0.05) is 6.58 Å². The first kappa shape index (κ1) is 27.1. The standard InChI is InChI=1S/C28H32F2N4O4/c1-7-37-27(36)20-11-34(24-10-23(31)21(29)8-18(24)12-38-17(4)35)25-16(3)26(22(30)9-19(25)15(20)2)33-13-28(5,14-33)32-6/h8-11,32H,2,7,12-14,31H2,1,3-6H3. The predicted octanol–water partition coefficient (Wildman–Crippen LogP) is 4.33. The van der Waals surface area contributed by atoms with E-state index in [0.717, 1.165) is 0 Å². The summed E-state index contributed by atoms with van der Waals surface area (Å²) in [6.45, 7) is 11.9. The molecule has 0 aliphatic carbocycles. The predicted molar refractivity (Wildman–Crippen MR) is 143 cm³/mol. The fourth-order valence-electron chi connectivity index (χ4n) is 4.93. The van der Waals surface area contributed by atoms with Crippen molar-refractivity contribution in [2.45, 2.75) is 39.8 Å². The number of anilines is 4. The molecule has 4 rings (SSSR count). The summed E-state index contributed by atoms with van der Waals surface area (Å²) in [5.41, 5.74) is 8.67. The van der Waals surface area contributed by atoms with E-state index < -0.39 is 23.6 Å². The first-order chi connectivity index (χ1) is 17.9. The normalized spacial score (nSPS) is 16.0. The molecule has 2 heterocycles. The van der Waals surface area contributed by atoms with Gasteiger partial charge >= 0.3 is 11.9 Å². The van der Waals surface area contributed by atoms with Crippen molar-refractivity contribution in [2.75, 3.05) is 42.3 Å². The molecule has 2 aliphatic rings. The van der Waals surface area contributed by atoms with Crippen molar-refractivity contribution >= 4 is 40.3 Å². The number of carbonyl (C=O) groups is 2. The summed E-state index contributed by atoms with van der Waals surface area (Å²) in [5.74, 6) is -2.33. The Morgan fingerprint density at radius 3 is 2.45 bits per heavy atom. The van der Waals surface area contributed by atoms with Gasteiger partial charge in [-0.15, -0.1) is 0 Å². The molecule has 0 radical (unpaired) electrons. The van der Waals surface area contributed by atoms with Gasteiger partial charge in [-0.05, 0) is 51.6 Å². The molecule has 2 aliphatic heterocycles. The van der Waals surface area contributed by atoms with Crippen LogP contribution in [0.1, 0.15) is 37.5 Å². The molecule has 0 atom stereocenters. The summed E-state index contributed by atoms with van der Waals surface area (Å²) in [5, 5.41) is 3.25. The molecule has 1 fully saturated rings. The lowest BCUT2D eigenvalue weighted by Gasteiger charge is -2.50.